The molecule has 1 aliphatic heterocycles. The molecule has 1 aliphatic rings. The second kappa shape index (κ2) is 8.23. The van der Waals surface area contributed by atoms with Gasteiger partial charge >= 0.3 is 0 Å². The van der Waals surface area contributed by atoms with Crippen molar-refractivity contribution in [1.29, 1.82) is 0 Å². The number of nitrogens with zero attached hydrogens (tertiary/aromatic N) is 1. The summed E-state index contributed by atoms with van der Waals surface area (Å²) < 4.78 is 0. The van der Waals surface area contributed by atoms with E-state index < -0.39 is 0 Å². The maximum Gasteiger partial charge on any atom is 0.259 e. The van der Waals surface area contributed by atoms with Gasteiger partial charge in [0.15, 0.2) is 0 Å². The lowest BCUT2D eigenvalue weighted by Gasteiger charge is -2.16. The summed E-state index contributed by atoms with van der Waals surface area (Å²) >= 11 is 1.78. The fourth-order valence-corrected chi connectivity index (χ4v) is 3.66. The van der Waals surface area contributed by atoms with Crippen LogP contribution in [-0.4, -0.2) is 35.6 Å². The Morgan fingerprint density at radius 2 is 1.81 bits per heavy atom. The van der Waals surface area contributed by atoms with Gasteiger partial charge in [-0.05, 0) is 18.6 Å². The number of thioether (sulfide) groups is 1. The molecule has 0 aromatic heterocycles. The molecule has 0 aliphatic carbocycles. The molecule has 0 fully saturated rings. The Labute approximate surface area is 158 Å². The van der Waals surface area contributed by atoms with E-state index in [0.29, 0.717) is 17.8 Å². The van der Waals surface area contributed by atoms with Gasteiger partial charge in [-0.3, -0.25) is 14.5 Å². The topological polar surface area (TPSA) is 49.4 Å². The smallest absolute Gasteiger partial charge is 0.259 e. The fourth-order valence-electron chi connectivity index (χ4n) is 2.84. The number of fused-ring (bicyclic) bond motifs is 1. The first kappa shape index (κ1) is 18.3. The normalized spacial score (nSPS) is 13.0. The van der Waals surface area contributed by atoms with E-state index in [1.807, 2.05) is 18.2 Å². The highest BCUT2D eigenvalue weighted by Gasteiger charge is 2.31. The monoisotopic (exact) mass is 366 g/mol. The van der Waals surface area contributed by atoms with Gasteiger partial charge in [-0.2, -0.15) is 11.8 Å². The molecule has 0 spiro atoms. The Morgan fingerprint density at radius 3 is 2.50 bits per heavy atom. The number of hydrogen-bond acceptors (Lipinski definition) is 3. The third-order valence-corrected chi connectivity index (χ3v) is 5.33. The summed E-state index contributed by atoms with van der Waals surface area (Å²) in [5.74, 6) is 1.43. The summed E-state index contributed by atoms with van der Waals surface area (Å²) in [5.41, 5.74) is 4.54. The van der Waals surface area contributed by atoms with E-state index in [9.17, 15) is 9.59 Å². The maximum atomic E-state index is 12.4. The zero-order valence-electron chi connectivity index (χ0n) is 14.8. The number of carbonyl (C=O) groups excluding carboxylic acids is 2. The Morgan fingerprint density at radius 1 is 1.12 bits per heavy atom. The van der Waals surface area contributed by atoms with Crippen molar-refractivity contribution in [2.45, 2.75) is 12.7 Å². The summed E-state index contributed by atoms with van der Waals surface area (Å²) in [6.07, 6.45) is 0. The average Bonchev–Trinajstić information content (AvgIpc) is 2.88. The minimum atomic E-state index is -0.164. The summed E-state index contributed by atoms with van der Waals surface area (Å²) in [6.45, 7) is 6.61. The van der Waals surface area contributed by atoms with Gasteiger partial charge in [0.1, 0.15) is 6.54 Å². The second-order valence-corrected chi connectivity index (χ2v) is 7.38. The first-order valence-electron chi connectivity index (χ1n) is 8.56. The minimum Gasteiger partial charge on any atom is -0.354 e. The first-order valence-corrected chi connectivity index (χ1v) is 9.72. The quantitative estimate of drug-likeness (QED) is 0.764. The van der Waals surface area contributed by atoms with Crippen LogP contribution in [0.25, 0.3) is 5.70 Å². The average molecular weight is 366 g/mol. The number of amides is 2. The highest BCUT2D eigenvalue weighted by Crippen LogP contribution is 2.30. The third-order valence-electron chi connectivity index (χ3n) is 4.30. The summed E-state index contributed by atoms with van der Waals surface area (Å²) in [6, 6.07) is 15.8. The summed E-state index contributed by atoms with van der Waals surface area (Å²) in [4.78, 5) is 26.0. The highest BCUT2D eigenvalue weighted by molar-refractivity contribution is 7.98. The van der Waals surface area contributed by atoms with Crippen molar-refractivity contribution in [2.75, 3.05) is 18.8 Å². The third kappa shape index (κ3) is 4.17. The Hall–Kier alpha value is -2.53. The van der Waals surface area contributed by atoms with Crippen LogP contribution in [0.2, 0.25) is 0 Å². The largest absolute Gasteiger partial charge is 0.354 e. The van der Waals surface area contributed by atoms with Crippen LogP contribution in [-0.2, 0) is 10.5 Å². The maximum absolute atomic E-state index is 12.4. The molecule has 4 nitrogen and oxygen atoms in total. The molecule has 1 heterocycles. The van der Waals surface area contributed by atoms with Crippen LogP contribution in [0.3, 0.4) is 0 Å². The van der Waals surface area contributed by atoms with Gasteiger partial charge in [0.2, 0.25) is 5.91 Å². The van der Waals surface area contributed by atoms with E-state index in [0.717, 1.165) is 17.1 Å². The number of hydrogen-bond donors (Lipinski definition) is 1. The molecule has 2 amide bonds. The Balaban J connectivity index is 1.40. The van der Waals surface area contributed by atoms with E-state index in [1.165, 1.54) is 16.0 Å². The molecule has 0 saturated heterocycles. The highest BCUT2D eigenvalue weighted by atomic mass is 32.2. The standard InChI is InChI=1S/C21H22N2O2S/c1-15-7-9-17(10-8-15)14-26-12-11-22-20(24)13-23-16(2)18-5-3-4-6-19(18)21(23)25/h3-10H,2,11-14H2,1H3,(H,22,24). The molecule has 5 heteroatoms. The lowest BCUT2D eigenvalue weighted by Crippen LogP contribution is -2.37. The van der Waals surface area contributed by atoms with Crippen LogP contribution in [0.4, 0.5) is 0 Å². The number of nitrogens with one attached hydrogen (secondary N) is 1. The van der Waals surface area contributed by atoms with Crippen molar-refractivity contribution in [3.63, 3.8) is 0 Å². The lowest BCUT2D eigenvalue weighted by molar-refractivity contribution is -0.121. The number of benzene rings is 2. The molecule has 134 valence electrons. The van der Waals surface area contributed by atoms with E-state index >= 15 is 0 Å². The van der Waals surface area contributed by atoms with Crippen molar-refractivity contribution in [1.82, 2.24) is 10.2 Å². The van der Waals surface area contributed by atoms with Crippen molar-refractivity contribution < 1.29 is 9.59 Å². The van der Waals surface area contributed by atoms with Crippen LogP contribution in [0.15, 0.2) is 55.1 Å². The molecule has 2 aromatic carbocycles. The van der Waals surface area contributed by atoms with Gasteiger partial charge in [0.25, 0.3) is 5.91 Å². The van der Waals surface area contributed by atoms with E-state index in [2.05, 4.69) is 43.1 Å². The van der Waals surface area contributed by atoms with Crippen molar-refractivity contribution in [3.8, 4) is 0 Å². The van der Waals surface area contributed by atoms with Crippen molar-refractivity contribution in [2.24, 2.45) is 0 Å². The van der Waals surface area contributed by atoms with Crippen LogP contribution >= 0.6 is 11.8 Å². The van der Waals surface area contributed by atoms with Gasteiger partial charge in [0.05, 0.1) is 0 Å². The molecule has 0 atom stereocenters. The Bertz CT molecular complexity index is 795. The SMILES string of the molecule is C=C1c2ccccc2C(=O)N1CC(=O)NCCSCc1ccc(C)cc1. The zero-order chi connectivity index (χ0) is 18.5. The minimum absolute atomic E-state index is 0.00890. The number of rotatable bonds is 7. The number of carbonyl (C=O) groups is 2. The fraction of sp³-hybridized carbons (Fsp3) is 0.238. The molecule has 2 aromatic rings. The van der Waals surface area contributed by atoms with Gasteiger partial charge < -0.3 is 5.32 Å². The van der Waals surface area contributed by atoms with Crippen LogP contribution in [0, 0.1) is 6.92 Å². The first-order chi connectivity index (χ1) is 12.6. The molecule has 0 saturated carbocycles. The van der Waals surface area contributed by atoms with E-state index in [4.69, 9.17) is 0 Å². The summed E-state index contributed by atoms with van der Waals surface area (Å²) in [7, 11) is 0. The predicted molar refractivity (Wildman–Crippen MR) is 107 cm³/mol. The zero-order valence-corrected chi connectivity index (χ0v) is 15.6. The molecule has 3 rings (SSSR count). The predicted octanol–water partition coefficient (Wildman–Crippen LogP) is 3.47. The van der Waals surface area contributed by atoms with Crippen LogP contribution < -0.4 is 5.32 Å². The second-order valence-electron chi connectivity index (χ2n) is 6.27. The molecular formula is C21H22N2O2S. The lowest BCUT2D eigenvalue weighted by atomic mass is 10.1. The summed E-state index contributed by atoms with van der Waals surface area (Å²) in [5, 5.41) is 2.88. The van der Waals surface area contributed by atoms with E-state index in [-0.39, 0.29) is 18.4 Å². The van der Waals surface area contributed by atoms with Crippen molar-refractivity contribution >= 4 is 29.3 Å². The molecular weight excluding hydrogens is 344 g/mol. The van der Waals surface area contributed by atoms with Gasteiger partial charge in [0, 0.05) is 34.9 Å². The molecule has 1 N–H and O–H groups in total. The van der Waals surface area contributed by atoms with Gasteiger partial charge in [-0.25, -0.2) is 0 Å². The van der Waals surface area contributed by atoms with Crippen molar-refractivity contribution in [3.05, 3.63) is 77.4 Å². The van der Waals surface area contributed by atoms with E-state index in [1.54, 1.807) is 17.8 Å². The molecule has 0 unspecified atom stereocenters. The molecule has 0 radical (unpaired) electrons. The molecule has 26 heavy (non-hydrogen) atoms. The van der Waals surface area contributed by atoms with Crippen LogP contribution in [0.5, 0.6) is 0 Å². The molecule has 0 bridgehead atoms. The van der Waals surface area contributed by atoms with Crippen LogP contribution in [0.1, 0.15) is 27.0 Å². The Kier molecular flexibility index (Phi) is 5.78. The number of aryl methyl sites for hydroxylation is 1. The van der Waals surface area contributed by atoms with Gasteiger partial charge in [-0.15, -0.1) is 0 Å². The van der Waals surface area contributed by atoms with Gasteiger partial charge in [-0.1, -0.05) is 54.6 Å².